The first-order valence-corrected chi connectivity index (χ1v) is 5.26. The summed E-state index contributed by atoms with van der Waals surface area (Å²) >= 11 is 5.85. The zero-order chi connectivity index (χ0) is 13.1. The standard InChI is InChI=1S/C11H10ClF3N2/c1-2-17(7-11(13,14)15)10-4-3-8(6-16)5-9(10)12/h3-5H,2,7H2,1H3. The lowest BCUT2D eigenvalue weighted by atomic mass is 10.2. The molecule has 0 heterocycles. The molecule has 0 aromatic heterocycles. The lowest BCUT2D eigenvalue weighted by molar-refractivity contribution is -0.119. The van der Waals surface area contributed by atoms with E-state index >= 15 is 0 Å². The molecule has 0 aliphatic carbocycles. The molecule has 1 aromatic rings. The van der Waals surface area contributed by atoms with Crippen molar-refractivity contribution in [3.63, 3.8) is 0 Å². The lowest BCUT2D eigenvalue weighted by Crippen LogP contribution is -2.34. The highest BCUT2D eigenvalue weighted by atomic mass is 35.5. The van der Waals surface area contributed by atoms with Gasteiger partial charge in [0.05, 0.1) is 22.3 Å². The Hall–Kier alpha value is -1.41. The topological polar surface area (TPSA) is 27.0 Å². The minimum Gasteiger partial charge on any atom is -0.362 e. The molecule has 6 heteroatoms. The summed E-state index contributed by atoms with van der Waals surface area (Å²) in [6, 6.07) is 6.10. The Morgan fingerprint density at radius 2 is 2.06 bits per heavy atom. The van der Waals surface area contributed by atoms with Crippen LogP contribution in [0.3, 0.4) is 0 Å². The number of nitrogens with zero attached hydrogens (tertiary/aromatic N) is 2. The third kappa shape index (κ3) is 3.82. The molecule has 0 saturated carbocycles. The molecule has 17 heavy (non-hydrogen) atoms. The monoisotopic (exact) mass is 262 g/mol. The zero-order valence-electron chi connectivity index (χ0n) is 9.05. The molecule has 0 aliphatic heterocycles. The fraction of sp³-hybridized carbons (Fsp3) is 0.364. The lowest BCUT2D eigenvalue weighted by Gasteiger charge is -2.25. The van der Waals surface area contributed by atoms with Crippen molar-refractivity contribution in [2.45, 2.75) is 13.1 Å². The molecular weight excluding hydrogens is 253 g/mol. The first-order chi connectivity index (χ1) is 7.87. The van der Waals surface area contributed by atoms with Gasteiger partial charge in [0.25, 0.3) is 0 Å². The maximum absolute atomic E-state index is 12.3. The van der Waals surface area contributed by atoms with Crippen LogP contribution >= 0.6 is 11.6 Å². The fourth-order valence-corrected chi connectivity index (χ4v) is 1.72. The molecule has 1 aromatic carbocycles. The van der Waals surface area contributed by atoms with E-state index in [9.17, 15) is 13.2 Å². The first-order valence-electron chi connectivity index (χ1n) is 4.88. The number of anilines is 1. The van der Waals surface area contributed by atoms with E-state index in [0.29, 0.717) is 5.56 Å². The Labute approximate surface area is 102 Å². The molecule has 92 valence electrons. The summed E-state index contributed by atoms with van der Waals surface area (Å²) in [5, 5.41) is 8.78. The molecule has 0 unspecified atom stereocenters. The molecule has 0 aliphatic rings. The van der Waals surface area contributed by atoms with Crippen LogP contribution < -0.4 is 4.90 Å². The molecule has 0 N–H and O–H groups in total. The predicted octanol–water partition coefficient (Wildman–Crippen LogP) is 3.60. The Kier molecular flexibility index (Phi) is 4.24. The maximum atomic E-state index is 12.3. The molecular formula is C11H10ClF3N2. The Balaban J connectivity index is 3.01. The number of halogens is 4. The van der Waals surface area contributed by atoms with Crippen molar-refractivity contribution in [1.29, 1.82) is 5.26 Å². The molecule has 0 spiro atoms. The van der Waals surface area contributed by atoms with Gasteiger partial charge >= 0.3 is 6.18 Å². The summed E-state index contributed by atoms with van der Waals surface area (Å²) in [6.07, 6.45) is -4.28. The zero-order valence-corrected chi connectivity index (χ0v) is 9.81. The van der Waals surface area contributed by atoms with Gasteiger partial charge in [0, 0.05) is 6.54 Å². The van der Waals surface area contributed by atoms with E-state index in [1.54, 1.807) is 6.92 Å². The summed E-state index contributed by atoms with van der Waals surface area (Å²) in [5.41, 5.74) is 0.604. The quantitative estimate of drug-likeness (QED) is 0.832. The Morgan fingerprint density at radius 1 is 1.41 bits per heavy atom. The van der Waals surface area contributed by atoms with Crippen LogP contribution in [0.5, 0.6) is 0 Å². The van der Waals surface area contributed by atoms with Gasteiger partial charge in [-0.15, -0.1) is 0 Å². The molecule has 0 saturated heterocycles. The van der Waals surface area contributed by atoms with Crippen molar-refractivity contribution in [2.75, 3.05) is 18.0 Å². The fourth-order valence-electron chi connectivity index (χ4n) is 1.42. The second kappa shape index (κ2) is 5.28. The van der Waals surface area contributed by atoms with Crippen LogP contribution in [0.2, 0.25) is 5.02 Å². The Bertz CT molecular complexity index is 437. The highest BCUT2D eigenvalue weighted by molar-refractivity contribution is 6.33. The van der Waals surface area contributed by atoms with Gasteiger partial charge in [0.2, 0.25) is 0 Å². The van der Waals surface area contributed by atoms with Gasteiger partial charge < -0.3 is 4.90 Å². The largest absolute Gasteiger partial charge is 0.405 e. The average Bonchev–Trinajstić information content (AvgIpc) is 2.24. The average molecular weight is 263 g/mol. The van der Waals surface area contributed by atoms with Crippen LogP contribution in [-0.4, -0.2) is 19.3 Å². The van der Waals surface area contributed by atoms with E-state index in [1.165, 1.54) is 18.2 Å². The van der Waals surface area contributed by atoms with E-state index in [4.69, 9.17) is 16.9 Å². The molecule has 0 fully saturated rings. The number of hydrogen-bond donors (Lipinski definition) is 0. The van der Waals surface area contributed by atoms with E-state index in [2.05, 4.69) is 0 Å². The van der Waals surface area contributed by atoms with Crippen molar-refractivity contribution in [2.24, 2.45) is 0 Å². The number of hydrogen-bond acceptors (Lipinski definition) is 2. The van der Waals surface area contributed by atoms with Gasteiger partial charge in [0.15, 0.2) is 0 Å². The highest BCUT2D eigenvalue weighted by Crippen LogP contribution is 2.29. The van der Waals surface area contributed by atoms with Crippen molar-refractivity contribution < 1.29 is 13.2 Å². The second-order valence-electron chi connectivity index (χ2n) is 3.41. The minimum absolute atomic E-state index is 0.148. The summed E-state index contributed by atoms with van der Waals surface area (Å²) in [5.74, 6) is 0. The first kappa shape index (κ1) is 13.7. The summed E-state index contributed by atoms with van der Waals surface area (Å²) in [7, 11) is 0. The van der Waals surface area contributed by atoms with Crippen LogP contribution in [0.1, 0.15) is 12.5 Å². The highest BCUT2D eigenvalue weighted by Gasteiger charge is 2.30. The van der Waals surface area contributed by atoms with Crippen LogP contribution in [-0.2, 0) is 0 Å². The number of nitriles is 1. The van der Waals surface area contributed by atoms with Gasteiger partial charge in [-0.25, -0.2) is 0 Å². The van der Waals surface area contributed by atoms with Crippen molar-refractivity contribution in [3.8, 4) is 6.07 Å². The van der Waals surface area contributed by atoms with E-state index in [0.717, 1.165) is 4.90 Å². The van der Waals surface area contributed by atoms with Crippen LogP contribution in [0, 0.1) is 11.3 Å². The van der Waals surface area contributed by atoms with Crippen LogP contribution in [0.25, 0.3) is 0 Å². The Morgan fingerprint density at radius 3 is 2.47 bits per heavy atom. The normalized spacial score (nSPS) is 11.1. The van der Waals surface area contributed by atoms with Gasteiger partial charge in [-0.1, -0.05) is 11.6 Å². The third-order valence-corrected chi connectivity index (χ3v) is 2.47. The molecule has 0 bridgehead atoms. The SMILES string of the molecule is CCN(CC(F)(F)F)c1ccc(C#N)cc1Cl. The second-order valence-corrected chi connectivity index (χ2v) is 3.81. The number of benzene rings is 1. The molecule has 2 nitrogen and oxygen atoms in total. The van der Waals surface area contributed by atoms with E-state index in [1.807, 2.05) is 6.07 Å². The third-order valence-electron chi connectivity index (χ3n) is 2.17. The van der Waals surface area contributed by atoms with E-state index < -0.39 is 12.7 Å². The van der Waals surface area contributed by atoms with Gasteiger partial charge in [-0.3, -0.25) is 0 Å². The molecule has 0 amide bonds. The number of alkyl halides is 3. The summed E-state index contributed by atoms with van der Waals surface area (Å²) in [4.78, 5) is 1.11. The molecule has 0 atom stereocenters. The van der Waals surface area contributed by atoms with Crippen LogP contribution in [0.4, 0.5) is 18.9 Å². The summed E-state index contributed by atoms with van der Waals surface area (Å²) in [6.45, 7) is 0.737. The summed E-state index contributed by atoms with van der Waals surface area (Å²) < 4.78 is 37.0. The van der Waals surface area contributed by atoms with Gasteiger partial charge in [0.1, 0.15) is 6.54 Å². The molecule has 1 rings (SSSR count). The minimum atomic E-state index is -4.28. The number of rotatable bonds is 3. The van der Waals surface area contributed by atoms with Crippen molar-refractivity contribution >= 4 is 17.3 Å². The molecule has 0 radical (unpaired) electrons. The van der Waals surface area contributed by atoms with Crippen molar-refractivity contribution in [3.05, 3.63) is 28.8 Å². The maximum Gasteiger partial charge on any atom is 0.405 e. The smallest absolute Gasteiger partial charge is 0.362 e. The van der Waals surface area contributed by atoms with Gasteiger partial charge in [-0.05, 0) is 25.1 Å². The van der Waals surface area contributed by atoms with E-state index in [-0.39, 0.29) is 17.3 Å². The van der Waals surface area contributed by atoms with Crippen LogP contribution in [0.15, 0.2) is 18.2 Å². The predicted molar refractivity (Wildman–Crippen MR) is 60.1 cm³/mol. The van der Waals surface area contributed by atoms with Gasteiger partial charge in [-0.2, -0.15) is 18.4 Å². The van der Waals surface area contributed by atoms with Crippen molar-refractivity contribution in [1.82, 2.24) is 0 Å².